The molecule has 0 aromatic carbocycles. The molecule has 0 unspecified atom stereocenters. The molecule has 3 heteroatoms. The normalized spacial score (nSPS) is 11.3. The molecule has 0 heterocycles. The second-order valence-electron chi connectivity index (χ2n) is 1.56. The second-order valence-corrected chi connectivity index (χ2v) is 4.11. The van der Waals surface area contributed by atoms with Crippen molar-refractivity contribution in [2.75, 3.05) is 0 Å². The average molecular weight is 122 g/mol. The number of allylic oxidation sites excluding steroid dienone is 1. The van der Waals surface area contributed by atoms with E-state index < -0.39 is 8.74 Å². The number of hydrogen-bond acceptors (Lipinski definition) is 0. The molecule has 0 aliphatic heterocycles. The molecule has 0 N–H and O–H groups in total. The van der Waals surface area contributed by atoms with Gasteiger partial charge >= 0.3 is 8.74 Å². The summed E-state index contributed by atoms with van der Waals surface area (Å²) >= 11 is 0. The average Bonchev–Trinajstić information content (AvgIpc) is 1.30. The van der Waals surface area contributed by atoms with Crippen LogP contribution in [0.5, 0.6) is 0 Å². The van der Waals surface area contributed by atoms with E-state index in [1.807, 2.05) is 0 Å². The SMILES string of the molecule is C=CC[Si](C)(F)F. The standard InChI is InChI=1S/C4H8F2Si/c1-3-4-7(2,5)6/h3H,1,4H2,2H3. The lowest BCUT2D eigenvalue weighted by molar-refractivity contribution is 0.618. The van der Waals surface area contributed by atoms with Crippen molar-refractivity contribution >= 4 is 8.74 Å². The minimum Gasteiger partial charge on any atom is -0.270 e. The zero-order valence-corrected chi connectivity index (χ0v) is 5.25. The van der Waals surface area contributed by atoms with E-state index >= 15 is 0 Å². The first kappa shape index (κ1) is 6.82. The third-order valence-corrected chi connectivity index (χ3v) is 1.51. The zero-order chi connectivity index (χ0) is 5.91. The smallest absolute Gasteiger partial charge is 0.270 e. The van der Waals surface area contributed by atoms with Crippen LogP contribution in [0, 0.1) is 0 Å². The topological polar surface area (TPSA) is 0 Å². The lowest BCUT2D eigenvalue weighted by Crippen LogP contribution is -2.13. The van der Waals surface area contributed by atoms with Crippen LogP contribution in [-0.2, 0) is 0 Å². The fraction of sp³-hybridized carbons (Fsp3) is 0.500. The maximum absolute atomic E-state index is 11.8. The summed E-state index contributed by atoms with van der Waals surface area (Å²) in [4.78, 5) is 0. The summed E-state index contributed by atoms with van der Waals surface area (Å²) in [5.41, 5.74) is 0. The molecule has 0 radical (unpaired) electrons. The van der Waals surface area contributed by atoms with Gasteiger partial charge in [-0.1, -0.05) is 6.08 Å². The van der Waals surface area contributed by atoms with Gasteiger partial charge in [-0.15, -0.1) is 6.58 Å². The van der Waals surface area contributed by atoms with Crippen molar-refractivity contribution in [1.82, 2.24) is 0 Å². The predicted molar refractivity (Wildman–Crippen MR) is 28.8 cm³/mol. The van der Waals surface area contributed by atoms with Crippen molar-refractivity contribution in [3.8, 4) is 0 Å². The van der Waals surface area contributed by atoms with Gasteiger partial charge in [-0.2, -0.15) is 0 Å². The minimum absolute atomic E-state index is 0.0903. The van der Waals surface area contributed by atoms with E-state index in [4.69, 9.17) is 0 Å². The third-order valence-electron chi connectivity index (χ3n) is 0.503. The summed E-state index contributed by atoms with van der Waals surface area (Å²) in [6, 6.07) is -0.0903. The van der Waals surface area contributed by atoms with E-state index in [1.54, 1.807) is 0 Å². The summed E-state index contributed by atoms with van der Waals surface area (Å²) in [5, 5.41) is 0. The molecule has 0 aromatic rings. The molecule has 0 aliphatic rings. The predicted octanol–water partition coefficient (Wildman–Crippen LogP) is 2.18. The molecule has 0 atom stereocenters. The van der Waals surface area contributed by atoms with Gasteiger partial charge in [0, 0.05) is 6.04 Å². The maximum atomic E-state index is 11.8. The Balaban J connectivity index is 3.34. The van der Waals surface area contributed by atoms with E-state index in [0.717, 1.165) is 6.55 Å². The van der Waals surface area contributed by atoms with Crippen LogP contribution in [0.2, 0.25) is 12.6 Å². The molecule has 0 fully saturated rings. The van der Waals surface area contributed by atoms with Crippen LogP contribution in [0.3, 0.4) is 0 Å². The molecular formula is C4H8F2Si. The Morgan fingerprint density at radius 3 is 2.14 bits per heavy atom. The Hall–Kier alpha value is -0.183. The highest BCUT2D eigenvalue weighted by Gasteiger charge is 2.24. The lowest BCUT2D eigenvalue weighted by atomic mass is 10.8. The van der Waals surface area contributed by atoms with Crippen LogP contribution < -0.4 is 0 Å². The van der Waals surface area contributed by atoms with Crippen molar-refractivity contribution < 1.29 is 8.22 Å². The number of rotatable bonds is 2. The van der Waals surface area contributed by atoms with E-state index in [-0.39, 0.29) is 6.04 Å². The Bertz CT molecular complexity index is 64.6. The molecule has 0 rings (SSSR count). The monoisotopic (exact) mass is 122 g/mol. The summed E-state index contributed by atoms with van der Waals surface area (Å²) in [6.45, 7) is 4.21. The molecule has 0 amide bonds. The van der Waals surface area contributed by atoms with Crippen LogP contribution in [-0.4, -0.2) is 8.74 Å². The van der Waals surface area contributed by atoms with Crippen molar-refractivity contribution in [3.63, 3.8) is 0 Å². The van der Waals surface area contributed by atoms with Crippen LogP contribution in [0.4, 0.5) is 8.22 Å². The molecular weight excluding hydrogens is 114 g/mol. The van der Waals surface area contributed by atoms with E-state index in [1.165, 1.54) is 6.08 Å². The van der Waals surface area contributed by atoms with Gasteiger partial charge < -0.3 is 0 Å². The Kier molecular flexibility index (Phi) is 2.15. The fourth-order valence-corrected chi connectivity index (χ4v) is 0.760. The van der Waals surface area contributed by atoms with Crippen molar-refractivity contribution in [1.29, 1.82) is 0 Å². The lowest BCUT2D eigenvalue weighted by Gasteiger charge is -1.98. The van der Waals surface area contributed by atoms with Gasteiger partial charge in [0.25, 0.3) is 0 Å². The Morgan fingerprint density at radius 1 is 1.71 bits per heavy atom. The van der Waals surface area contributed by atoms with E-state index in [9.17, 15) is 8.22 Å². The molecule has 0 nitrogen and oxygen atoms in total. The summed E-state index contributed by atoms with van der Waals surface area (Å²) in [7, 11) is -3.78. The summed E-state index contributed by atoms with van der Waals surface area (Å²) in [6.07, 6.45) is 1.27. The van der Waals surface area contributed by atoms with Gasteiger partial charge in [0.2, 0.25) is 0 Å². The Labute approximate surface area is 43.2 Å². The molecule has 42 valence electrons. The van der Waals surface area contributed by atoms with Crippen molar-refractivity contribution in [2.24, 2.45) is 0 Å². The van der Waals surface area contributed by atoms with Gasteiger partial charge in [-0.05, 0) is 6.55 Å². The van der Waals surface area contributed by atoms with Crippen LogP contribution >= 0.6 is 0 Å². The van der Waals surface area contributed by atoms with Crippen LogP contribution in [0.1, 0.15) is 0 Å². The molecule has 0 saturated carbocycles. The van der Waals surface area contributed by atoms with Gasteiger partial charge in [0.05, 0.1) is 0 Å². The third kappa shape index (κ3) is 5.82. The maximum Gasteiger partial charge on any atom is 0.425 e. The van der Waals surface area contributed by atoms with Crippen LogP contribution in [0.15, 0.2) is 12.7 Å². The van der Waals surface area contributed by atoms with E-state index in [2.05, 4.69) is 6.58 Å². The van der Waals surface area contributed by atoms with Gasteiger partial charge in [0.15, 0.2) is 0 Å². The van der Waals surface area contributed by atoms with E-state index in [0.29, 0.717) is 0 Å². The molecule has 0 bridgehead atoms. The summed E-state index contributed by atoms with van der Waals surface area (Å²) < 4.78 is 23.6. The minimum atomic E-state index is -3.78. The number of hydrogen-bond donors (Lipinski definition) is 0. The molecule has 0 aliphatic carbocycles. The largest absolute Gasteiger partial charge is 0.425 e. The van der Waals surface area contributed by atoms with Crippen LogP contribution in [0.25, 0.3) is 0 Å². The highest BCUT2D eigenvalue weighted by Crippen LogP contribution is 2.11. The molecule has 0 aromatic heterocycles. The van der Waals surface area contributed by atoms with Gasteiger partial charge in [0.1, 0.15) is 0 Å². The van der Waals surface area contributed by atoms with Crippen molar-refractivity contribution in [2.45, 2.75) is 12.6 Å². The van der Waals surface area contributed by atoms with Gasteiger partial charge in [-0.25, -0.2) is 0 Å². The quantitative estimate of drug-likeness (QED) is 0.299. The summed E-state index contributed by atoms with van der Waals surface area (Å²) in [5.74, 6) is 0. The highest BCUT2D eigenvalue weighted by molar-refractivity contribution is 6.65. The first-order valence-corrected chi connectivity index (χ1v) is 4.51. The molecule has 7 heavy (non-hydrogen) atoms. The Morgan fingerprint density at radius 2 is 2.14 bits per heavy atom. The molecule has 0 saturated heterocycles. The zero-order valence-electron chi connectivity index (χ0n) is 4.25. The number of halogens is 2. The fourth-order valence-electron chi connectivity index (χ4n) is 0.253. The van der Waals surface area contributed by atoms with Gasteiger partial charge in [-0.3, -0.25) is 8.22 Å². The first-order valence-electron chi connectivity index (χ1n) is 2.05. The second kappa shape index (κ2) is 2.21. The van der Waals surface area contributed by atoms with Crippen molar-refractivity contribution in [3.05, 3.63) is 12.7 Å². The molecule has 0 spiro atoms. The first-order chi connectivity index (χ1) is 3.06. The highest BCUT2D eigenvalue weighted by atomic mass is 28.4.